The number of hydrogen-bond donors (Lipinski definition) is 1. The summed E-state index contributed by atoms with van der Waals surface area (Å²) in [5.41, 5.74) is 0. The molecule has 0 amide bonds. The van der Waals surface area contributed by atoms with Crippen molar-refractivity contribution in [2.24, 2.45) is 5.92 Å². The highest BCUT2D eigenvalue weighted by molar-refractivity contribution is 7.87. The topological polar surface area (TPSA) is 49.4 Å². The zero-order chi connectivity index (χ0) is 9.19. The molecule has 1 heterocycles. The van der Waals surface area contributed by atoms with E-state index in [0.29, 0.717) is 25.6 Å². The molecule has 1 rings (SSSR count). The van der Waals surface area contributed by atoms with E-state index in [1.54, 1.807) is 0 Å². The molecule has 1 saturated heterocycles. The molecule has 0 unspecified atom stereocenters. The summed E-state index contributed by atoms with van der Waals surface area (Å²) in [4.78, 5) is 0. The van der Waals surface area contributed by atoms with Gasteiger partial charge in [-0.05, 0) is 12.3 Å². The summed E-state index contributed by atoms with van der Waals surface area (Å²) in [7, 11) is -3.10. The Labute approximate surface area is 74.1 Å². The van der Waals surface area contributed by atoms with Gasteiger partial charge in [-0.1, -0.05) is 13.8 Å². The summed E-state index contributed by atoms with van der Waals surface area (Å²) in [6.07, 6.45) is 0.931. The predicted octanol–water partition coefficient (Wildman–Crippen LogP) is 0.183. The van der Waals surface area contributed by atoms with Crippen LogP contribution in [0.25, 0.3) is 0 Å². The third kappa shape index (κ3) is 2.43. The lowest BCUT2D eigenvalue weighted by atomic mass is 10.1. The Morgan fingerprint density at radius 2 is 2.17 bits per heavy atom. The highest BCUT2D eigenvalue weighted by atomic mass is 32.2. The van der Waals surface area contributed by atoms with Crippen molar-refractivity contribution in [1.29, 1.82) is 0 Å². The number of rotatable bonds is 3. The first-order chi connectivity index (χ1) is 5.52. The lowest BCUT2D eigenvalue weighted by Crippen LogP contribution is -2.30. The van der Waals surface area contributed by atoms with E-state index in [0.717, 1.165) is 6.42 Å². The van der Waals surface area contributed by atoms with Gasteiger partial charge in [-0.2, -0.15) is 12.7 Å². The quantitative estimate of drug-likeness (QED) is 0.693. The van der Waals surface area contributed by atoms with Gasteiger partial charge in [0, 0.05) is 19.6 Å². The molecule has 1 fully saturated rings. The molecule has 1 aliphatic rings. The van der Waals surface area contributed by atoms with E-state index in [1.807, 2.05) is 0 Å². The van der Waals surface area contributed by atoms with Crippen molar-refractivity contribution in [2.45, 2.75) is 20.3 Å². The highest BCUT2D eigenvalue weighted by Crippen LogP contribution is 2.08. The fraction of sp³-hybridized carbons (Fsp3) is 1.00. The van der Waals surface area contributed by atoms with Crippen LogP contribution < -0.4 is 4.72 Å². The summed E-state index contributed by atoms with van der Waals surface area (Å²) in [5, 5.41) is 0. The van der Waals surface area contributed by atoms with Crippen LogP contribution in [0.3, 0.4) is 0 Å². The van der Waals surface area contributed by atoms with Crippen molar-refractivity contribution in [3.63, 3.8) is 0 Å². The lowest BCUT2D eigenvalue weighted by molar-refractivity contribution is 0.409. The molecule has 0 spiro atoms. The van der Waals surface area contributed by atoms with Crippen molar-refractivity contribution in [2.75, 3.05) is 19.6 Å². The second-order valence-electron chi connectivity index (χ2n) is 3.48. The van der Waals surface area contributed by atoms with Crippen LogP contribution >= 0.6 is 0 Å². The molecule has 0 aromatic heterocycles. The normalized spacial score (nSPS) is 23.6. The number of nitrogens with zero attached hydrogens (tertiary/aromatic N) is 1. The van der Waals surface area contributed by atoms with Crippen LogP contribution in [0, 0.1) is 5.92 Å². The van der Waals surface area contributed by atoms with Crippen LogP contribution in [-0.4, -0.2) is 32.4 Å². The Balaban J connectivity index is 2.43. The molecule has 5 heteroatoms. The molecule has 0 bridgehead atoms. The average Bonchev–Trinajstić information content (AvgIpc) is 2.25. The maximum Gasteiger partial charge on any atom is 0.279 e. The molecule has 0 radical (unpaired) electrons. The minimum absolute atomic E-state index is 0.556. The van der Waals surface area contributed by atoms with E-state index in [2.05, 4.69) is 18.6 Å². The Bertz CT molecular complexity index is 236. The van der Waals surface area contributed by atoms with Crippen LogP contribution in [-0.2, 0) is 10.2 Å². The molecular weight excluding hydrogens is 176 g/mol. The molecule has 0 aromatic carbocycles. The summed E-state index contributed by atoms with van der Waals surface area (Å²) in [6.45, 7) is 6.01. The third-order valence-corrected chi connectivity index (χ3v) is 3.56. The summed E-state index contributed by atoms with van der Waals surface area (Å²) in [5.74, 6) is 0.556. The summed E-state index contributed by atoms with van der Waals surface area (Å²) in [6, 6.07) is 0. The third-order valence-electron chi connectivity index (χ3n) is 1.94. The molecule has 1 aliphatic heterocycles. The maximum atomic E-state index is 11.2. The minimum Gasteiger partial charge on any atom is -0.201 e. The average molecular weight is 192 g/mol. The van der Waals surface area contributed by atoms with Gasteiger partial charge in [-0.15, -0.1) is 0 Å². The molecule has 0 aromatic rings. The van der Waals surface area contributed by atoms with Gasteiger partial charge in [0.05, 0.1) is 0 Å². The highest BCUT2D eigenvalue weighted by Gasteiger charge is 2.26. The second-order valence-corrected chi connectivity index (χ2v) is 5.24. The lowest BCUT2D eigenvalue weighted by Gasteiger charge is -2.13. The number of hydrogen-bond acceptors (Lipinski definition) is 2. The minimum atomic E-state index is -3.10. The monoisotopic (exact) mass is 192 g/mol. The van der Waals surface area contributed by atoms with Crippen LogP contribution in [0.2, 0.25) is 0 Å². The van der Waals surface area contributed by atoms with Crippen LogP contribution in [0.15, 0.2) is 0 Å². The first kappa shape index (κ1) is 9.95. The summed E-state index contributed by atoms with van der Waals surface area (Å²) >= 11 is 0. The van der Waals surface area contributed by atoms with Gasteiger partial charge in [-0.3, -0.25) is 0 Å². The molecule has 4 nitrogen and oxygen atoms in total. The van der Waals surface area contributed by atoms with Crippen LogP contribution in [0.5, 0.6) is 0 Å². The Kier molecular flexibility index (Phi) is 3.09. The van der Waals surface area contributed by atoms with Gasteiger partial charge in [-0.25, -0.2) is 4.72 Å². The zero-order valence-corrected chi connectivity index (χ0v) is 8.39. The van der Waals surface area contributed by atoms with Gasteiger partial charge in [0.2, 0.25) is 0 Å². The van der Waals surface area contributed by atoms with E-state index in [4.69, 9.17) is 0 Å². The van der Waals surface area contributed by atoms with Gasteiger partial charge in [0.25, 0.3) is 10.2 Å². The molecule has 12 heavy (non-hydrogen) atoms. The van der Waals surface area contributed by atoms with Gasteiger partial charge in [0.15, 0.2) is 0 Å². The zero-order valence-electron chi connectivity index (χ0n) is 7.58. The molecule has 0 saturated carbocycles. The first-order valence-electron chi connectivity index (χ1n) is 4.27. The van der Waals surface area contributed by atoms with Gasteiger partial charge >= 0.3 is 0 Å². The maximum absolute atomic E-state index is 11.2. The van der Waals surface area contributed by atoms with E-state index >= 15 is 0 Å². The molecule has 0 aliphatic carbocycles. The van der Waals surface area contributed by atoms with Gasteiger partial charge < -0.3 is 0 Å². The second kappa shape index (κ2) is 3.72. The predicted molar refractivity (Wildman–Crippen MR) is 48.0 cm³/mol. The van der Waals surface area contributed by atoms with Crippen molar-refractivity contribution in [3.8, 4) is 0 Å². The Hall–Kier alpha value is -0.130. The fourth-order valence-electron chi connectivity index (χ4n) is 1.14. The van der Waals surface area contributed by atoms with E-state index in [-0.39, 0.29) is 0 Å². The number of nitrogens with one attached hydrogen (secondary N) is 1. The van der Waals surface area contributed by atoms with Crippen molar-refractivity contribution < 1.29 is 8.42 Å². The smallest absolute Gasteiger partial charge is 0.201 e. The molecule has 1 N–H and O–H groups in total. The van der Waals surface area contributed by atoms with Gasteiger partial charge in [0.1, 0.15) is 0 Å². The fourth-order valence-corrected chi connectivity index (χ4v) is 2.35. The van der Waals surface area contributed by atoms with Crippen LogP contribution in [0.1, 0.15) is 20.3 Å². The van der Waals surface area contributed by atoms with Crippen LogP contribution in [0.4, 0.5) is 0 Å². The van der Waals surface area contributed by atoms with E-state index in [9.17, 15) is 8.42 Å². The molecule has 0 atom stereocenters. The largest absolute Gasteiger partial charge is 0.279 e. The SMILES string of the molecule is CC(C)CCN1CCNS1(=O)=O. The van der Waals surface area contributed by atoms with Crippen molar-refractivity contribution >= 4 is 10.2 Å². The molecule has 72 valence electrons. The van der Waals surface area contributed by atoms with E-state index in [1.165, 1.54) is 4.31 Å². The molecular formula is C7H16N2O2S. The van der Waals surface area contributed by atoms with Crippen molar-refractivity contribution in [3.05, 3.63) is 0 Å². The standard InChI is InChI=1S/C7H16N2O2S/c1-7(2)3-5-9-6-4-8-12(9,10)11/h7-8H,3-6H2,1-2H3. The van der Waals surface area contributed by atoms with Crippen molar-refractivity contribution in [1.82, 2.24) is 9.03 Å². The summed E-state index contributed by atoms with van der Waals surface area (Å²) < 4.78 is 26.4. The van der Waals surface area contributed by atoms with E-state index < -0.39 is 10.2 Å². The Morgan fingerprint density at radius 1 is 1.50 bits per heavy atom. The first-order valence-corrected chi connectivity index (χ1v) is 5.71. The Morgan fingerprint density at radius 3 is 2.58 bits per heavy atom.